The van der Waals surface area contributed by atoms with Crippen LogP contribution in [0.15, 0.2) is 18.3 Å². The Labute approximate surface area is 85.6 Å². The van der Waals surface area contributed by atoms with Crippen molar-refractivity contribution < 1.29 is 9.72 Å². The molecular formula is C9H9N3O3. The van der Waals surface area contributed by atoms with E-state index in [-0.39, 0.29) is 17.9 Å². The number of aromatic nitrogens is 1. The number of nitro groups is 1. The highest BCUT2D eigenvalue weighted by Crippen LogP contribution is 2.17. The number of aldehydes is 1. The number of nitrogen functional groups attached to an aromatic ring is 1. The Hall–Kier alpha value is -2.24. The standard InChI is InChI=1S/C9H9N3O3/c10-9-7(3-1-2-4-13)5-8(6-11-9)12(14)15/h1,3-6H,2H2,(H2,10,11). The Morgan fingerprint density at radius 2 is 2.33 bits per heavy atom. The second kappa shape index (κ2) is 4.85. The van der Waals surface area contributed by atoms with E-state index in [1.165, 1.54) is 12.1 Å². The summed E-state index contributed by atoms with van der Waals surface area (Å²) in [5.74, 6) is 0.197. The van der Waals surface area contributed by atoms with Crippen molar-refractivity contribution in [2.75, 3.05) is 5.73 Å². The van der Waals surface area contributed by atoms with Gasteiger partial charge in [0.15, 0.2) is 0 Å². The van der Waals surface area contributed by atoms with Crippen molar-refractivity contribution in [2.45, 2.75) is 6.42 Å². The van der Waals surface area contributed by atoms with E-state index in [2.05, 4.69) is 4.98 Å². The largest absolute Gasteiger partial charge is 0.383 e. The molecule has 0 fully saturated rings. The molecule has 0 aliphatic rings. The predicted octanol–water partition coefficient (Wildman–Crippen LogP) is 1.17. The topological polar surface area (TPSA) is 99.1 Å². The van der Waals surface area contributed by atoms with E-state index in [1.807, 2.05) is 0 Å². The minimum absolute atomic E-state index is 0.130. The number of allylic oxidation sites excluding steroid dienone is 1. The molecule has 0 saturated heterocycles. The zero-order chi connectivity index (χ0) is 11.3. The fourth-order valence-corrected chi connectivity index (χ4v) is 0.965. The molecule has 0 amide bonds. The molecule has 1 aromatic heterocycles. The van der Waals surface area contributed by atoms with Crippen LogP contribution in [0.2, 0.25) is 0 Å². The lowest BCUT2D eigenvalue weighted by molar-refractivity contribution is -0.385. The van der Waals surface area contributed by atoms with Crippen LogP contribution in [0.4, 0.5) is 11.5 Å². The molecule has 0 bridgehead atoms. The van der Waals surface area contributed by atoms with Crippen molar-refractivity contribution >= 4 is 23.9 Å². The van der Waals surface area contributed by atoms with Crippen LogP contribution in [0.25, 0.3) is 6.08 Å². The Morgan fingerprint density at radius 1 is 1.60 bits per heavy atom. The maximum absolute atomic E-state index is 10.4. The molecule has 0 aliphatic carbocycles. The van der Waals surface area contributed by atoms with Crippen LogP contribution in [0, 0.1) is 10.1 Å². The van der Waals surface area contributed by atoms with Gasteiger partial charge in [-0.1, -0.05) is 12.2 Å². The van der Waals surface area contributed by atoms with Gasteiger partial charge >= 0.3 is 0 Å². The highest BCUT2D eigenvalue weighted by Gasteiger charge is 2.08. The van der Waals surface area contributed by atoms with E-state index >= 15 is 0 Å². The fraction of sp³-hybridized carbons (Fsp3) is 0.111. The molecule has 1 rings (SSSR count). The second-order valence-electron chi connectivity index (χ2n) is 2.73. The minimum atomic E-state index is -0.552. The number of carbonyl (C=O) groups is 1. The van der Waals surface area contributed by atoms with Gasteiger partial charge in [-0.25, -0.2) is 4.98 Å². The van der Waals surface area contributed by atoms with Crippen molar-refractivity contribution in [1.29, 1.82) is 0 Å². The van der Waals surface area contributed by atoms with Gasteiger partial charge in [-0.05, 0) is 0 Å². The summed E-state index contributed by atoms with van der Waals surface area (Å²) in [6, 6.07) is 1.31. The summed E-state index contributed by atoms with van der Waals surface area (Å²) in [6.45, 7) is 0. The third-order valence-corrected chi connectivity index (χ3v) is 1.68. The SMILES string of the molecule is Nc1ncc([N+](=O)[O-])cc1C=CCC=O. The molecule has 0 aliphatic heterocycles. The van der Waals surface area contributed by atoms with Gasteiger partial charge in [0.1, 0.15) is 18.3 Å². The molecule has 0 spiro atoms. The third kappa shape index (κ3) is 2.87. The van der Waals surface area contributed by atoms with E-state index in [4.69, 9.17) is 5.73 Å². The molecule has 0 saturated carbocycles. The maximum Gasteiger partial charge on any atom is 0.288 e. The van der Waals surface area contributed by atoms with E-state index in [0.717, 1.165) is 12.5 Å². The zero-order valence-corrected chi connectivity index (χ0v) is 7.79. The zero-order valence-electron chi connectivity index (χ0n) is 7.79. The van der Waals surface area contributed by atoms with Gasteiger partial charge in [-0.3, -0.25) is 10.1 Å². The summed E-state index contributed by atoms with van der Waals surface area (Å²) >= 11 is 0. The number of pyridine rings is 1. The van der Waals surface area contributed by atoms with Crippen molar-refractivity contribution in [3.8, 4) is 0 Å². The van der Waals surface area contributed by atoms with Gasteiger partial charge in [-0.2, -0.15) is 0 Å². The van der Waals surface area contributed by atoms with Crippen LogP contribution in [0.3, 0.4) is 0 Å². The molecule has 1 aromatic rings. The summed E-state index contributed by atoms with van der Waals surface area (Å²) in [4.78, 5) is 23.6. The van der Waals surface area contributed by atoms with Crippen molar-refractivity contribution in [3.05, 3.63) is 34.0 Å². The van der Waals surface area contributed by atoms with Crippen molar-refractivity contribution in [2.24, 2.45) is 0 Å². The number of nitrogens with two attached hydrogens (primary N) is 1. The third-order valence-electron chi connectivity index (χ3n) is 1.68. The molecule has 2 N–H and O–H groups in total. The van der Waals surface area contributed by atoms with Gasteiger partial charge < -0.3 is 10.5 Å². The lowest BCUT2D eigenvalue weighted by atomic mass is 10.2. The summed E-state index contributed by atoms with van der Waals surface area (Å²) < 4.78 is 0. The Kier molecular flexibility index (Phi) is 3.50. The van der Waals surface area contributed by atoms with Crippen LogP contribution < -0.4 is 5.73 Å². The first-order valence-electron chi connectivity index (χ1n) is 4.15. The average molecular weight is 207 g/mol. The summed E-state index contributed by atoms with van der Waals surface area (Å²) in [7, 11) is 0. The van der Waals surface area contributed by atoms with Crippen molar-refractivity contribution in [1.82, 2.24) is 4.98 Å². The van der Waals surface area contributed by atoms with Gasteiger partial charge in [0, 0.05) is 18.1 Å². The van der Waals surface area contributed by atoms with Crippen LogP contribution in [0.1, 0.15) is 12.0 Å². The van der Waals surface area contributed by atoms with E-state index in [9.17, 15) is 14.9 Å². The average Bonchev–Trinajstić information content (AvgIpc) is 2.20. The smallest absolute Gasteiger partial charge is 0.288 e. The normalized spacial score (nSPS) is 10.4. The summed E-state index contributed by atoms with van der Waals surface area (Å²) in [5.41, 5.74) is 5.81. The van der Waals surface area contributed by atoms with Crippen LogP contribution in [-0.2, 0) is 4.79 Å². The first-order chi connectivity index (χ1) is 7.15. The Morgan fingerprint density at radius 3 is 2.93 bits per heavy atom. The predicted molar refractivity (Wildman–Crippen MR) is 55.0 cm³/mol. The number of hydrogen-bond acceptors (Lipinski definition) is 5. The molecule has 0 unspecified atom stereocenters. The molecule has 6 heteroatoms. The van der Waals surface area contributed by atoms with E-state index in [0.29, 0.717) is 5.56 Å². The number of carbonyl (C=O) groups excluding carboxylic acids is 1. The lowest BCUT2D eigenvalue weighted by Crippen LogP contribution is -1.96. The Balaban J connectivity index is 3.00. The monoisotopic (exact) mass is 207 g/mol. The second-order valence-corrected chi connectivity index (χ2v) is 2.73. The fourth-order valence-electron chi connectivity index (χ4n) is 0.965. The van der Waals surface area contributed by atoms with Crippen LogP contribution in [-0.4, -0.2) is 16.2 Å². The first kappa shape index (κ1) is 10.8. The van der Waals surface area contributed by atoms with Crippen LogP contribution >= 0.6 is 0 Å². The maximum atomic E-state index is 10.4. The Bertz CT molecular complexity index is 415. The quantitative estimate of drug-likeness (QED) is 0.454. The highest BCUT2D eigenvalue weighted by atomic mass is 16.6. The molecule has 0 radical (unpaired) electrons. The van der Waals surface area contributed by atoms with Crippen LogP contribution in [0.5, 0.6) is 0 Å². The lowest BCUT2D eigenvalue weighted by Gasteiger charge is -1.98. The first-order valence-corrected chi connectivity index (χ1v) is 4.15. The van der Waals surface area contributed by atoms with E-state index in [1.54, 1.807) is 6.08 Å². The summed E-state index contributed by atoms with van der Waals surface area (Å²) in [6.07, 6.45) is 5.14. The van der Waals surface area contributed by atoms with Gasteiger partial charge in [0.2, 0.25) is 0 Å². The molecule has 0 aromatic carbocycles. The van der Waals surface area contributed by atoms with Gasteiger partial charge in [-0.15, -0.1) is 0 Å². The minimum Gasteiger partial charge on any atom is -0.383 e. The number of nitrogens with zero attached hydrogens (tertiary/aromatic N) is 2. The molecule has 78 valence electrons. The molecular weight excluding hydrogens is 198 g/mol. The molecule has 0 atom stereocenters. The van der Waals surface area contributed by atoms with Crippen molar-refractivity contribution in [3.63, 3.8) is 0 Å². The van der Waals surface area contributed by atoms with Gasteiger partial charge in [0.25, 0.3) is 5.69 Å². The highest BCUT2D eigenvalue weighted by molar-refractivity contribution is 5.65. The number of anilines is 1. The summed E-state index contributed by atoms with van der Waals surface area (Å²) in [5, 5.41) is 10.4. The molecule has 1 heterocycles. The molecule has 6 nitrogen and oxygen atoms in total. The van der Waals surface area contributed by atoms with E-state index < -0.39 is 4.92 Å². The van der Waals surface area contributed by atoms with Gasteiger partial charge in [0.05, 0.1) is 4.92 Å². The molecule has 15 heavy (non-hydrogen) atoms. The number of hydrogen-bond donors (Lipinski definition) is 1. The number of rotatable bonds is 4.